The molecular weight excluding hydrogens is 168 g/mol. The summed E-state index contributed by atoms with van der Waals surface area (Å²) in [5, 5.41) is 0. The highest BCUT2D eigenvalue weighted by Gasteiger charge is 2.37. The van der Waals surface area contributed by atoms with E-state index in [1.165, 1.54) is 0 Å². The molecule has 13 heavy (non-hydrogen) atoms. The van der Waals surface area contributed by atoms with E-state index in [9.17, 15) is 4.79 Å². The standard InChI is InChI=1S/C9H18N2O2/c1-7(2)13-5-3-4-11-6-8(11)9(10)12/h7-8H,3-6H2,1-2H3,(H2,10,12). The van der Waals surface area contributed by atoms with Gasteiger partial charge in [-0.15, -0.1) is 0 Å². The molecule has 0 aliphatic carbocycles. The van der Waals surface area contributed by atoms with E-state index in [-0.39, 0.29) is 11.9 Å². The van der Waals surface area contributed by atoms with E-state index in [2.05, 4.69) is 4.90 Å². The first kappa shape index (κ1) is 10.5. The van der Waals surface area contributed by atoms with Crippen LogP contribution in [-0.4, -0.2) is 42.6 Å². The van der Waals surface area contributed by atoms with Gasteiger partial charge in [-0.2, -0.15) is 0 Å². The lowest BCUT2D eigenvalue weighted by molar-refractivity contribution is -0.118. The number of nitrogens with two attached hydrogens (primary N) is 1. The molecule has 0 aromatic rings. The van der Waals surface area contributed by atoms with Gasteiger partial charge in [-0.25, -0.2) is 0 Å². The molecule has 0 aromatic carbocycles. The Balaban J connectivity index is 1.94. The van der Waals surface area contributed by atoms with Gasteiger partial charge in [0.05, 0.1) is 6.10 Å². The zero-order valence-electron chi connectivity index (χ0n) is 8.32. The molecule has 1 heterocycles. The Morgan fingerprint density at radius 1 is 1.69 bits per heavy atom. The fourth-order valence-corrected chi connectivity index (χ4v) is 1.28. The molecule has 0 aromatic heterocycles. The summed E-state index contributed by atoms with van der Waals surface area (Å²) in [5.41, 5.74) is 5.13. The van der Waals surface area contributed by atoms with Gasteiger partial charge in [0, 0.05) is 19.7 Å². The number of nitrogens with zero attached hydrogens (tertiary/aromatic N) is 1. The molecule has 0 radical (unpaired) electrons. The maximum atomic E-state index is 10.7. The van der Waals surface area contributed by atoms with Crippen LogP contribution in [0.1, 0.15) is 20.3 Å². The summed E-state index contributed by atoms with van der Waals surface area (Å²) in [6.07, 6.45) is 1.27. The molecule has 1 aliphatic rings. The minimum Gasteiger partial charge on any atom is -0.379 e. The average Bonchev–Trinajstić information content (AvgIpc) is 2.76. The van der Waals surface area contributed by atoms with Gasteiger partial charge in [0.1, 0.15) is 6.04 Å². The van der Waals surface area contributed by atoms with Crippen molar-refractivity contribution in [2.45, 2.75) is 32.4 Å². The zero-order valence-corrected chi connectivity index (χ0v) is 8.32. The molecule has 1 aliphatic heterocycles. The fourth-order valence-electron chi connectivity index (χ4n) is 1.28. The van der Waals surface area contributed by atoms with E-state index >= 15 is 0 Å². The summed E-state index contributed by atoms with van der Waals surface area (Å²) in [6, 6.07) is -0.000880. The van der Waals surface area contributed by atoms with Crippen LogP contribution in [0.2, 0.25) is 0 Å². The molecule has 1 saturated heterocycles. The van der Waals surface area contributed by atoms with Gasteiger partial charge in [0.15, 0.2) is 0 Å². The lowest BCUT2D eigenvalue weighted by atomic mass is 10.4. The molecule has 1 fully saturated rings. The highest BCUT2D eigenvalue weighted by atomic mass is 16.5. The van der Waals surface area contributed by atoms with Gasteiger partial charge in [-0.05, 0) is 20.3 Å². The zero-order chi connectivity index (χ0) is 9.84. The molecule has 0 spiro atoms. The number of rotatable bonds is 6. The van der Waals surface area contributed by atoms with Crippen molar-refractivity contribution in [2.75, 3.05) is 19.7 Å². The van der Waals surface area contributed by atoms with Crippen molar-refractivity contribution in [3.05, 3.63) is 0 Å². The molecule has 1 amide bonds. The van der Waals surface area contributed by atoms with Crippen LogP contribution in [0.5, 0.6) is 0 Å². The molecule has 0 saturated carbocycles. The van der Waals surface area contributed by atoms with Crippen LogP contribution in [0.25, 0.3) is 0 Å². The summed E-state index contributed by atoms with van der Waals surface area (Å²) >= 11 is 0. The van der Waals surface area contributed by atoms with Crippen LogP contribution in [-0.2, 0) is 9.53 Å². The number of hydrogen-bond acceptors (Lipinski definition) is 3. The Hall–Kier alpha value is -0.610. The number of carbonyl (C=O) groups is 1. The predicted octanol–water partition coefficient (Wildman–Crippen LogP) is -0.0290. The highest BCUT2D eigenvalue weighted by molar-refractivity contribution is 5.82. The van der Waals surface area contributed by atoms with Gasteiger partial charge in [-0.1, -0.05) is 0 Å². The number of amides is 1. The van der Waals surface area contributed by atoms with Gasteiger partial charge >= 0.3 is 0 Å². The first-order chi connectivity index (χ1) is 6.11. The van der Waals surface area contributed by atoms with Crippen LogP contribution >= 0.6 is 0 Å². The van der Waals surface area contributed by atoms with E-state index < -0.39 is 0 Å². The van der Waals surface area contributed by atoms with Crippen molar-refractivity contribution in [1.82, 2.24) is 4.90 Å². The molecule has 76 valence electrons. The SMILES string of the molecule is CC(C)OCCCN1CC1C(N)=O. The van der Waals surface area contributed by atoms with Crippen LogP contribution in [0.4, 0.5) is 0 Å². The molecular formula is C9H18N2O2. The van der Waals surface area contributed by atoms with E-state index in [4.69, 9.17) is 10.5 Å². The topological polar surface area (TPSA) is 55.3 Å². The van der Waals surface area contributed by atoms with E-state index in [0.717, 1.165) is 26.1 Å². The first-order valence-electron chi connectivity index (χ1n) is 4.76. The van der Waals surface area contributed by atoms with Crippen LogP contribution < -0.4 is 5.73 Å². The average molecular weight is 186 g/mol. The molecule has 1 rings (SSSR count). The Bertz CT molecular complexity index is 182. The minimum absolute atomic E-state index is 0.000880. The molecule has 0 bridgehead atoms. The number of primary amides is 1. The van der Waals surface area contributed by atoms with Gasteiger partial charge in [0.25, 0.3) is 0 Å². The number of carbonyl (C=O) groups excluding carboxylic acids is 1. The normalized spacial score (nSPS) is 26.4. The van der Waals surface area contributed by atoms with E-state index in [0.29, 0.717) is 6.10 Å². The predicted molar refractivity (Wildman–Crippen MR) is 50.3 cm³/mol. The third kappa shape index (κ3) is 3.74. The summed E-state index contributed by atoms with van der Waals surface area (Å²) in [4.78, 5) is 12.7. The quantitative estimate of drug-likeness (QED) is 0.468. The Labute approximate surface area is 79.0 Å². The number of ether oxygens (including phenoxy) is 1. The van der Waals surface area contributed by atoms with Crippen molar-refractivity contribution in [3.8, 4) is 0 Å². The second-order valence-electron chi connectivity index (χ2n) is 3.69. The van der Waals surface area contributed by atoms with Crippen LogP contribution in [0, 0.1) is 0 Å². The second-order valence-corrected chi connectivity index (χ2v) is 3.69. The van der Waals surface area contributed by atoms with Crippen LogP contribution in [0.3, 0.4) is 0 Å². The van der Waals surface area contributed by atoms with E-state index in [1.807, 2.05) is 13.8 Å². The molecule has 4 heteroatoms. The van der Waals surface area contributed by atoms with Crippen molar-refractivity contribution < 1.29 is 9.53 Å². The third-order valence-electron chi connectivity index (χ3n) is 2.08. The molecule has 2 unspecified atom stereocenters. The van der Waals surface area contributed by atoms with Crippen molar-refractivity contribution >= 4 is 5.91 Å². The van der Waals surface area contributed by atoms with E-state index in [1.54, 1.807) is 0 Å². The van der Waals surface area contributed by atoms with Gasteiger partial charge in [0.2, 0.25) is 5.91 Å². The Morgan fingerprint density at radius 2 is 2.38 bits per heavy atom. The maximum Gasteiger partial charge on any atom is 0.236 e. The number of hydrogen-bond donors (Lipinski definition) is 1. The summed E-state index contributed by atoms with van der Waals surface area (Å²) in [6.45, 7) is 6.55. The van der Waals surface area contributed by atoms with Crippen LogP contribution in [0.15, 0.2) is 0 Å². The minimum atomic E-state index is -0.204. The van der Waals surface area contributed by atoms with Crippen molar-refractivity contribution in [3.63, 3.8) is 0 Å². The van der Waals surface area contributed by atoms with Crippen molar-refractivity contribution in [1.29, 1.82) is 0 Å². The third-order valence-corrected chi connectivity index (χ3v) is 2.08. The summed E-state index contributed by atoms with van der Waals surface area (Å²) < 4.78 is 5.37. The largest absolute Gasteiger partial charge is 0.379 e. The first-order valence-corrected chi connectivity index (χ1v) is 4.76. The van der Waals surface area contributed by atoms with Crippen molar-refractivity contribution in [2.24, 2.45) is 5.73 Å². The molecule has 4 nitrogen and oxygen atoms in total. The highest BCUT2D eigenvalue weighted by Crippen LogP contribution is 2.16. The molecule has 2 atom stereocenters. The Kier molecular flexibility index (Phi) is 3.69. The van der Waals surface area contributed by atoms with Gasteiger partial charge in [-0.3, -0.25) is 9.69 Å². The lowest BCUT2D eigenvalue weighted by Crippen LogP contribution is -2.22. The second kappa shape index (κ2) is 4.58. The smallest absolute Gasteiger partial charge is 0.236 e. The maximum absolute atomic E-state index is 10.7. The van der Waals surface area contributed by atoms with Gasteiger partial charge < -0.3 is 10.5 Å². The lowest BCUT2D eigenvalue weighted by Gasteiger charge is -2.07. The monoisotopic (exact) mass is 186 g/mol. The fraction of sp³-hybridized carbons (Fsp3) is 0.889. The summed E-state index contributed by atoms with van der Waals surface area (Å²) in [7, 11) is 0. The molecule has 2 N–H and O–H groups in total. The summed E-state index contributed by atoms with van der Waals surface area (Å²) in [5.74, 6) is -0.204. The Morgan fingerprint density at radius 3 is 2.85 bits per heavy atom.